The number of hydrogen-bond donors (Lipinski definition) is 3. The van der Waals surface area contributed by atoms with E-state index >= 15 is 0 Å². The first kappa shape index (κ1) is 12.1. The molecule has 0 aromatic rings. The summed E-state index contributed by atoms with van der Waals surface area (Å²) >= 11 is 0. The van der Waals surface area contributed by atoms with Gasteiger partial charge in [0.1, 0.15) is 5.60 Å². The number of carbonyl (C=O) groups excluding carboxylic acids is 1. The molecule has 0 saturated carbocycles. The van der Waals surface area contributed by atoms with Crippen LogP contribution in [0, 0.1) is 0 Å². The summed E-state index contributed by atoms with van der Waals surface area (Å²) in [7, 11) is 0. The van der Waals surface area contributed by atoms with Gasteiger partial charge in [0, 0.05) is 6.92 Å². The Morgan fingerprint density at radius 1 is 1.69 bits per heavy atom. The SMILES string of the molecule is CC(=O)OO.OCC1(O)C=CCC1. The largest absolute Gasteiger partial charge is 0.393 e. The molecule has 0 heterocycles. The average Bonchev–Trinajstić information content (AvgIpc) is 2.54. The van der Waals surface area contributed by atoms with Gasteiger partial charge in [0.15, 0.2) is 0 Å². The highest BCUT2D eigenvalue weighted by atomic mass is 17.1. The molecule has 0 spiro atoms. The third kappa shape index (κ3) is 5.35. The summed E-state index contributed by atoms with van der Waals surface area (Å²) in [6, 6.07) is 0. The zero-order valence-corrected chi connectivity index (χ0v) is 7.43. The minimum absolute atomic E-state index is 0.149. The molecule has 0 aromatic heterocycles. The Morgan fingerprint density at radius 2 is 2.23 bits per heavy atom. The van der Waals surface area contributed by atoms with Gasteiger partial charge >= 0.3 is 5.97 Å². The van der Waals surface area contributed by atoms with Crippen molar-refractivity contribution in [3.63, 3.8) is 0 Å². The molecule has 0 saturated heterocycles. The Morgan fingerprint density at radius 3 is 2.38 bits per heavy atom. The molecule has 0 amide bonds. The molecule has 0 aliphatic heterocycles. The molecule has 1 atom stereocenters. The summed E-state index contributed by atoms with van der Waals surface area (Å²) in [6.45, 7) is 0.962. The van der Waals surface area contributed by atoms with Gasteiger partial charge in [-0.15, -0.1) is 0 Å². The van der Waals surface area contributed by atoms with Gasteiger partial charge in [-0.3, -0.25) is 0 Å². The van der Waals surface area contributed by atoms with Crippen molar-refractivity contribution in [1.29, 1.82) is 0 Å². The second-order valence-electron chi connectivity index (χ2n) is 2.79. The van der Waals surface area contributed by atoms with Gasteiger partial charge in [-0.1, -0.05) is 12.2 Å². The van der Waals surface area contributed by atoms with Gasteiger partial charge in [0.2, 0.25) is 0 Å². The molecule has 5 nitrogen and oxygen atoms in total. The van der Waals surface area contributed by atoms with E-state index in [0.717, 1.165) is 13.3 Å². The van der Waals surface area contributed by atoms with Gasteiger partial charge < -0.3 is 15.1 Å². The monoisotopic (exact) mass is 190 g/mol. The van der Waals surface area contributed by atoms with Gasteiger partial charge in [-0.2, -0.15) is 5.26 Å². The maximum absolute atomic E-state index is 9.34. The van der Waals surface area contributed by atoms with Crippen LogP contribution in [-0.4, -0.2) is 33.6 Å². The van der Waals surface area contributed by atoms with E-state index in [9.17, 15) is 4.79 Å². The highest BCUT2D eigenvalue weighted by Gasteiger charge is 2.24. The topological polar surface area (TPSA) is 87.0 Å². The zero-order chi connectivity index (χ0) is 10.3. The summed E-state index contributed by atoms with van der Waals surface area (Å²) in [6.07, 6.45) is 5.10. The smallest absolute Gasteiger partial charge is 0.339 e. The summed E-state index contributed by atoms with van der Waals surface area (Å²) < 4.78 is 0. The normalized spacial score (nSPS) is 24.9. The van der Waals surface area contributed by atoms with Crippen molar-refractivity contribution in [3.05, 3.63) is 12.2 Å². The molecule has 13 heavy (non-hydrogen) atoms. The first-order valence-electron chi connectivity index (χ1n) is 3.87. The molecule has 0 fully saturated rings. The van der Waals surface area contributed by atoms with Crippen molar-refractivity contribution < 1.29 is 25.2 Å². The van der Waals surface area contributed by atoms with Crippen molar-refractivity contribution in [3.8, 4) is 0 Å². The lowest BCUT2D eigenvalue weighted by Crippen LogP contribution is -2.27. The van der Waals surface area contributed by atoms with E-state index in [0.29, 0.717) is 6.42 Å². The molecule has 1 aliphatic rings. The number of aliphatic hydroxyl groups excluding tert-OH is 1. The fourth-order valence-electron chi connectivity index (χ4n) is 0.851. The fraction of sp³-hybridized carbons (Fsp3) is 0.625. The Labute approximate surface area is 76.2 Å². The van der Waals surface area contributed by atoms with Crippen LogP contribution < -0.4 is 0 Å². The maximum atomic E-state index is 9.34. The van der Waals surface area contributed by atoms with Crippen LogP contribution in [0.2, 0.25) is 0 Å². The Hall–Kier alpha value is -0.910. The summed E-state index contributed by atoms with van der Waals surface area (Å²) in [5, 5.41) is 25.0. The van der Waals surface area contributed by atoms with Gasteiger partial charge in [-0.25, -0.2) is 4.79 Å². The van der Waals surface area contributed by atoms with Crippen LogP contribution in [0.3, 0.4) is 0 Å². The predicted octanol–water partition coefficient (Wildman–Crippen LogP) is 0.0823. The molecule has 1 unspecified atom stereocenters. The maximum Gasteiger partial charge on any atom is 0.339 e. The van der Waals surface area contributed by atoms with Crippen LogP contribution in [0.1, 0.15) is 19.8 Å². The summed E-state index contributed by atoms with van der Waals surface area (Å²) in [5.41, 5.74) is -0.889. The van der Waals surface area contributed by atoms with E-state index in [-0.39, 0.29) is 6.61 Å². The van der Waals surface area contributed by atoms with Gasteiger partial charge in [0.25, 0.3) is 0 Å². The third-order valence-corrected chi connectivity index (χ3v) is 1.57. The lowest BCUT2D eigenvalue weighted by molar-refractivity contribution is -0.231. The molecule has 5 heteroatoms. The van der Waals surface area contributed by atoms with Crippen molar-refractivity contribution in [2.45, 2.75) is 25.4 Å². The zero-order valence-electron chi connectivity index (χ0n) is 7.43. The number of hydrogen-bond acceptors (Lipinski definition) is 5. The second kappa shape index (κ2) is 5.69. The van der Waals surface area contributed by atoms with E-state index in [4.69, 9.17) is 15.5 Å². The van der Waals surface area contributed by atoms with Gasteiger partial charge in [0.05, 0.1) is 6.61 Å². The number of allylic oxidation sites excluding steroid dienone is 1. The van der Waals surface area contributed by atoms with Crippen molar-refractivity contribution in [2.24, 2.45) is 0 Å². The van der Waals surface area contributed by atoms with Crippen molar-refractivity contribution in [2.75, 3.05) is 6.61 Å². The molecule has 0 aromatic carbocycles. The van der Waals surface area contributed by atoms with Crippen LogP contribution >= 0.6 is 0 Å². The summed E-state index contributed by atoms with van der Waals surface area (Å²) in [4.78, 5) is 12.5. The predicted molar refractivity (Wildman–Crippen MR) is 44.8 cm³/mol. The Bertz CT molecular complexity index is 189. The van der Waals surface area contributed by atoms with E-state index in [1.165, 1.54) is 0 Å². The van der Waals surface area contributed by atoms with Gasteiger partial charge in [-0.05, 0) is 12.8 Å². The van der Waals surface area contributed by atoms with E-state index < -0.39 is 11.6 Å². The molecule has 1 rings (SSSR count). The van der Waals surface area contributed by atoms with Crippen LogP contribution in [0.15, 0.2) is 12.2 Å². The van der Waals surface area contributed by atoms with E-state index in [2.05, 4.69) is 4.89 Å². The summed E-state index contributed by atoms with van der Waals surface area (Å²) in [5.74, 6) is -0.690. The lowest BCUT2D eigenvalue weighted by atomic mass is 10.1. The van der Waals surface area contributed by atoms with Crippen LogP contribution in [0.5, 0.6) is 0 Å². The standard InChI is InChI=1S/C6H10O2.C2H4O3/c7-5-6(8)3-1-2-4-6;1-2(3)5-4/h1,3,7-8H,2,4-5H2;4H,1H3. The number of rotatable bonds is 1. The molecule has 0 bridgehead atoms. The minimum atomic E-state index is -0.889. The quantitative estimate of drug-likeness (QED) is 0.310. The number of aliphatic hydroxyl groups is 2. The number of carbonyl (C=O) groups is 1. The van der Waals surface area contributed by atoms with E-state index in [1.54, 1.807) is 6.08 Å². The first-order chi connectivity index (χ1) is 6.04. The molecule has 1 aliphatic carbocycles. The van der Waals surface area contributed by atoms with Crippen LogP contribution in [0.4, 0.5) is 0 Å². The molecular formula is C8H14O5. The molecule has 0 radical (unpaired) electrons. The average molecular weight is 190 g/mol. The molecule has 76 valence electrons. The first-order valence-corrected chi connectivity index (χ1v) is 3.87. The lowest BCUT2D eigenvalue weighted by Gasteiger charge is -2.15. The Kier molecular flexibility index (Phi) is 5.29. The van der Waals surface area contributed by atoms with Crippen molar-refractivity contribution in [1.82, 2.24) is 0 Å². The van der Waals surface area contributed by atoms with Crippen molar-refractivity contribution >= 4 is 5.97 Å². The fourth-order valence-corrected chi connectivity index (χ4v) is 0.851. The Balaban J connectivity index is 0.000000252. The second-order valence-corrected chi connectivity index (χ2v) is 2.79. The molecular weight excluding hydrogens is 176 g/mol. The highest BCUT2D eigenvalue weighted by molar-refractivity contribution is 5.64. The molecule has 3 N–H and O–H groups in total. The van der Waals surface area contributed by atoms with Crippen LogP contribution in [0.25, 0.3) is 0 Å². The highest BCUT2D eigenvalue weighted by Crippen LogP contribution is 2.20. The third-order valence-electron chi connectivity index (χ3n) is 1.57. The van der Waals surface area contributed by atoms with E-state index in [1.807, 2.05) is 6.08 Å². The van der Waals surface area contributed by atoms with Crippen LogP contribution in [-0.2, 0) is 9.68 Å². The minimum Gasteiger partial charge on any atom is -0.393 e.